The minimum absolute atomic E-state index is 0.934. The SMILES string of the molecule is C1CNC[C@H](CN2CC[C@@H]3CCCC[C@H]3C2)C1. The van der Waals surface area contributed by atoms with Crippen LogP contribution < -0.4 is 5.32 Å². The standard InChI is InChI=1S/C15H28N2/c1-2-6-15-12-17(9-7-14(15)5-1)11-13-4-3-8-16-10-13/h13-16H,1-12H2/t13-,14+,15+/m1/s1. The molecule has 1 N–H and O–H groups in total. The first-order chi connectivity index (χ1) is 8.42. The van der Waals surface area contributed by atoms with Crippen molar-refractivity contribution in [3.63, 3.8) is 0 Å². The van der Waals surface area contributed by atoms with Gasteiger partial charge < -0.3 is 10.2 Å². The quantitative estimate of drug-likeness (QED) is 0.792. The smallest absolute Gasteiger partial charge is 0.00219 e. The Kier molecular flexibility index (Phi) is 4.02. The Morgan fingerprint density at radius 2 is 1.82 bits per heavy atom. The molecular weight excluding hydrogens is 208 g/mol. The number of piperidine rings is 2. The average Bonchev–Trinajstić information content (AvgIpc) is 2.40. The van der Waals surface area contributed by atoms with Gasteiger partial charge in [-0.3, -0.25) is 0 Å². The van der Waals surface area contributed by atoms with Crippen molar-refractivity contribution in [2.45, 2.75) is 44.9 Å². The predicted molar refractivity (Wildman–Crippen MR) is 72.1 cm³/mol. The lowest BCUT2D eigenvalue weighted by Gasteiger charge is -2.42. The molecule has 0 spiro atoms. The molecule has 0 bridgehead atoms. The number of likely N-dealkylation sites (tertiary alicyclic amines) is 1. The molecule has 0 aromatic rings. The molecule has 0 aromatic heterocycles. The van der Waals surface area contributed by atoms with Crippen LogP contribution in [0.3, 0.4) is 0 Å². The highest BCUT2D eigenvalue weighted by Gasteiger charge is 2.31. The minimum Gasteiger partial charge on any atom is -0.316 e. The normalized spacial score (nSPS) is 39.9. The fourth-order valence-corrected chi connectivity index (χ4v) is 4.29. The molecule has 98 valence electrons. The van der Waals surface area contributed by atoms with E-state index in [0.29, 0.717) is 0 Å². The van der Waals surface area contributed by atoms with E-state index in [4.69, 9.17) is 0 Å². The Hall–Kier alpha value is -0.0800. The number of hydrogen-bond acceptors (Lipinski definition) is 2. The molecule has 3 fully saturated rings. The van der Waals surface area contributed by atoms with E-state index >= 15 is 0 Å². The van der Waals surface area contributed by atoms with E-state index in [1.165, 1.54) is 77.7 Å². The Bertz CT molecular complexity index is 233. The summed E-state index contributed by atoms with van der Waals surface area (Å²) in [7, 11) is 0. The molecule has 2 aliphatic heterocycles. The summed E-state index contributed by atoms with van der Waals surface area (Å²) in [5.41, 5.74) is 0. The third-order valence-corrected chi connectivity index (χ3v) is 5.29. The van der Waals surface area contributed by atoms with Gasteiger partial charge in [0.15, 0.2) is 0 Å². The Morgan fingerprint density at radius 3 is 2.65 bits per heavy atom. The van der Waals surface area contributed by atoms with Crippen LogP contribution >= 0.6 is 0 Å². The topological polar surface area (TPSA) is 15.3 Å². The summed E-state index contributed by atoms with van der Waals surface area (Å²) in [6, 6.07) is 0. The molecular formula is C15H28N2. The highest BCUT2D eigenvalue weighted by molar-refractivity contribution is 4.85. The largest absolute Gasteiger partial charge is 0.316 e. The molecule has 3 aliphatic rings. The van der Waals surface area contributed by atoms with Crippen LogP contribution in [0.15, 0.2) is 0 Å². The average molecular weight is 236 g/mol. The van der Waals surface area contributed by atoms with E-state index in [-0.39, 0.29) is 0 Å². The second kappa shape index (κ2) is 5.71. The Labute approximate surface area is 106 Å². The van der Waals surface area contributed by atoms with E-state index in [1.807, 2.05) is 0 Å². The molecule has 1 saturated carbocycles. The summed E-state index contributed by atoms with van der Waals surface area (Å²) in [5, 5.41) is 3.55. The van der Waals surface area contributed by atoms with Crippen LogP contribution in [0.2, 0.25) is 0 Å². The van der Waals surface area contributed by atoms with E-state index < -0.39 is 0 Å². The first-order valence-electron chi connectivity index (χ1n) is 7.85. The fourth-order valence-electron chi connectivity index (χ4n) is 4.29. The van der Waals surface area contributed by atoms with Crippen LogP contribution in [0.1, 0.15) is 44.9 Å². The van der Waals surface area contributed by atoms with Gasteiger partial charge in [0.25, 0.3) is 0 Å². The Balaban J connectivity index is 1.48. The molecule has 2 nitrogen and oxygen atoms in total. The van der Waals surface area contributed by atoms with Gasteiger partial charge in [-0.15, -0.1) is 0 Å². The van der Waals surface area contributed by atoms with Crippen molar-refractivity contribution in [3.05, 3.63) is 0 Å². The number of rotatable bonds is 2. The highest BCUT2D eigenvalue weighted by Crippen LogP contribution is 2.36. The van der Waals surface area contributed by atoms with Crippen LogP contribution in [-0.2, 0) is 0 Å². The summed E-state index contributed by atoms with van der Waals surface area (Å²) in [6.45, 7) is 6.70. The first kappa shape index (κ1) is 12.0. The lowest BCUT2D eigenvalue weighted by molar-refractivity contribution is 0.0722. The maximum absolute atomic E-state index is 3.55. The zero-order valence-corrected chi connectivity index (χ0v) is 11.2. The Morgan fingerprint density at radius 1 is 0.941 bits per heavy atom. The summed E-state index contributed by atoms with van der Waals surface area (Å²) in [5.74, 6) is 3.07. The molecule has 1 aliphatic carbocycles. The lowest BCUT2D eigenvalue weighted by atomic mass is 9.75. The van der Waals surface area contributed by atoms with E-state index in [1.54, 1.807) is 0 Å². The molecule has 3 rings (SSSR count). The molecule has 2 heterocycles. The molecule has 0 amide bonds. The molecule has 17 heavy (non-hydrogen) atoms. The summed E-state index contributed by atoms with van der Waals surface area (Å²) in [4.78, 5) is 2.78. The fraction of sp³-hybridized carbons (Fsp3) is 1.00. The van der Waals surface area contributed by atoms with Gasteiger partial charge in [-0.2, -0.15) is 0 Å². The van der Waals surface area contributed by atoms with Crippen molar-refractivity contribution in [3.8, 4) is 0 Å². The van der Waals surface area contributed by atoms with Crippen molar-refractivity contribution in [1.29, 1.82) is 0 Å². The van der Waals surface area contributed by atoms with Gasteiger partial charge in [0.05, 0.1) is 0 Å². The van der Waals surface area contributed by atoms with Crippen LogP contribution in [0.5, 0.6) is 0 Å². The van der Waals surface area contributed by atoms with Crippen molar-refractivity contribution in [1.82, 2.24) is 10.2 Å². The van der Waals surface area contributed by atoms with Gasteiger partial charge in [0.1, 0.15) is 0 Å². The maximum Gasteiger partial charge on any atom is 0.00219 e. The van der Waals surface area contributed by atoms with E-state index in [9.17, 15) is 0 Å². The third-order valence-electron chi connectivity index (χ3n) is 5.29. The maximum atomic E-state index is 3.55. The zero-order valence-electron chi connectivity index (χ0n) is 11.2. The van der Waals surface area contributed by atoms with Gasteiger partial charge in [-0.1, -0.05) is 19.3 Å². The van der Waals surface area contributed by atoms with Gasteiger partial charge in [-0.25, -0.2) is 0 Å². The minimum atomic E-state index is 0.934. The van der Waals surface area contributed by atoms with E-state index in [0.717, 1.165) is 17.8 Å². The van der Waals surface area contributed by atoms with Gasteiger partial charge >= 0.3 is 0 Å². The lowest BCUT2D eigenvalue weighted by Crippen LogP contribution is -2.45. The van der Waals surface area contributed by atoms with Crippen LogP contribution in [0, 0.1) is 17.8 Å². The summed E-state index contributed by atoms with van der Waals surface area (Å²) < 4.78 is 0. The number of hydrogen-bond donors (Lipinski definition) is 1. The van der Waals surface area contributed by atoms with Crippen LogP contribution in [0.25, 0.3) is 0 Å². The van der Waals surface area contributed by atoms with Crippen LogP contribution in [-0.4, -0.2) is 37.6 Å². The van der Waals surface area contributed by atoms with Crippen LogP contribution in [0.4, 0.5) is 0 Å². The van der Waals surface area contributed by atoms with Crippen molar-refractivity contribution >= 4 is 0 Å². The molecule has 2 heteroatoms. The summed E-state index contributed by atoms with van der Waals surface area (Å²) >= 11 is 0. The first-order valence-corrected chi connectivity index (χ1v) is 7.85. The molecule has 0 aromatic carbocycles. The van der Waals surface area contributed by atoms with Crippen molar-refractivity contribution < 1.29 is 0 Å². The third kappa shape index (κ3) is 3.03. The molecule has 2 saturated heterocycles. The molecule has 3 atom stereocenters. The van der Waals surface area contributed by atoms with Gasteiger partial charge in [0, 0.05) is 13.1 Å². The number of fused-ring (bicyclic) bond motifs is 1. The summed E-state index contributed by atoms with van der Waals surface area (Å²) in [6.07, 6.45) is 10.4. The van der Waals surface area contributed by atoms with Gasteiger partial charge in [-0.05, 0) is 63.1 Å². The number of nitrogens with zero attached hydrogens (tertiary/aromatic N) is 1. The van der Waals surface area contributed by atoms with Gasteiger partial charge in [0.2, 0.25) is 0 Å². The number of nitrogens with one attached hydrogen (secondary N) is 1. The second-order valence-corrected chi connectivity index (χ2v) is 6.57. The second-order valence-electron chi connectivity index (χ2n) is 6.57. The van der Waals surface area contributed by atoms with Crippen molar-refractivity contribution in [2.24, 2.45) is 17.8 Å². The monoisotopic (exact) mass is 236 g/mol. The zero-order chi connectivity index (χ0) is 11.5. The molecule has 0 radical (unpaired) electrons. The predicted octanol–water partition coefficient (Wildman–Crippen LogP) is 2.50. The van der Waals surface area contributed by atoms with Crippen molar-refractivity contribution in [2.75, 3.05) is 32.7 Å². The molecule has 0 unspecified atom stereocenters. The van der Waals surface area contributed by atoms with E-state index in [2.05, 4.69) is 10.2 Å². The highest BCUT2D eigenvalue weighted by atomic mass is 15.1.